The zero-order valence-corrected chi connectivity index (χ0v) is 10.7. The maximum atomic E-state index is 11.1. The van der Waals surface area contributed by atoms with Gasteiger partial charge in [-0.15, -0.1) is 11.8 Å². The van der Waals surface area contributed by atoms with Crippen LogP contribution in [-0.4, -0.2) is 18.8 Å². The molecule has 0 amide bonds. The molecule has 0 saturated carbocycles. The average molecular weight is 280 g/mol. The highest BCUT2D eigenvalue weighted by molar-refractivity contribution is 8.13. The van der Waals surface area contributed by atoms with E-state index in [1.165, 1.54) is 6.42 Å². The summed E-state index contributed by atoms with van der Waals surface area (Å²) in [5.41, 5.74) is 1.49. The Balaban J connectivity index is 2.00. The van der Waals surface area contributed by atoms with Crippen LogP contribution < -0.4 is 0 Å². The lowest BCUT2D eigenvalue weighted by molar-refractivity contribution is 0.377. The van der Waals surface area contributed by atoms with Crippen molar-refractivity contribution in [1.82, 2.24) is 5.16 Å². The van der Waals surface area contributed by atoms with Gasteiger partial charge in [0.1, 0.15) is 17.2 Å². The molecule has 2 aliphatic rings. The van der Waals surface area contributed by atoms with Gasteiger partial charge >= 0.3 is 0 Å². The van der Waals surface area contributed by atoms with E-state index in [0.717, 1.165) is 24.2 Å². The minimum absolute atomic E-state index is 0.227. The van der Waals surface area contributed by atoms with Crippen LogP contribution in [0.2, 0.25) is 0 Å². The Morgan fingerprint density at radius 1 is 1.50 bits per heavy atom. The van der Waals surface area contributed by atoms with Crippen LogP contribution in [-0.2, 0) is 21.2 Å². The molecule has 3 rings (SSSR count). The lowest BCUT2D eigenvalue weighted by atomic mass is 10.1. The summed E-state index contributed by atoms with van der Waals surface area (Å²) >= 11 is 1.90. The zero-order valence-electron chi connectivity index (χ0n) is 8.35. The highest BCUT2D eigenvalue weighted by atomic mass is 35.7. The summed E-state index contributed by atoms with van der Waals surface area (Å²) in [6.45, 7) is 0. The molecule has 2 atom stereocenters. The van der Waals surface area contributed by atoms with Crippen molar-refractivity contribution in [3.05, 3.63) is 17.0 Å². The molecule has 7 heteroatoms. The van der Waals surface area contributed by atoms with Gasteiger partial charge in [-0.25, -0.2) is 8.42 Å². The van der Waals surface area contributed by atoms with Crippen molar-refractivity contribution >= 4 is 31.5 Å². The molecule has 0 spiro atoms. The number of aromatic nitrogens is 1. The van der Waals surface area contributed by atoms with Gasteiger partial charge in [0.05, 0.1) is 0 Å². The molecule has 2 bridgehead atoms. The first kappa shape index (κ1) is 10.9. The molecule has 1 aromatic heterocycles. The van der Waals surface area contributed by atoms with E-state index in [1.54, 1.807) is 0 Å². The molecule has 4 nitrogen and oxygen atoms in total. The quantitative estimate of drug-likeness (QED) is 0.777. The second-order valence-corrected chi connectivity index (χ2v) is 8.46. The van der Waals surface area contributed by atoms with E-state index in [2.05, 4.69) is 5.16 Å². The summed E-state index contributed by atoms with van der Waals surface area (Å²) in [4.78, 5) is 0. The molecule has 1 aromatic rings. The molecule has 2 aliphatic heterocycles. The van der Waals surface area contributed by atoms with Crippen molar-refractivity contribution in [2.75, 3.05) is 0 Å². The molecular weight excluding hydrogens is 270 g/mol. The number of nitrogens with zero attached hydrogens (tertiary/aromatic N) is 1. The highest BCUT2D eigenvalue weighted by Gasteiger charge is 2.38. The fourth-order valence-corrected chi connectivity index (χ4v) is 4.93. The highest BCUT2D eigenvalue weighted by Crippen LogP contribution is 2.52. The molecule has 2 unspecified atom stereocenters. The number of hydrogen-bond donors (Lipinski definition) is 0. The smallest absolute Gasteiger partial charge is 0.238 e. The van der Waals surface area contributed by atoms with E-state index in [9.17, 15) is 8.42 Å². The predicted octanol–water partition coefficient (Wildman–Crippen LogP) is 2.24. The van der Waals surface area contributed by atoms with Gasteiger partial charge < -0.3 is 4.52 Å². The van der Waals surface area contributed by atoms with Crippen LogP contribution in [0, 0.1) is 0 Å². The Bertz CT molecular complexity index is 525. The minimum Gasteiger partial charge on any atom is -0.361 e. The monoisotopic (exact) mass is 279 g/mol. The Hall–Kier alpha value is -0.200. The Kier molecular flexibility index (Phi) is 2.49. The average Bonchev–Trinajstić information content (AvgIpc) is 2.71. The van der Waals surface area contributed by atoms with E-state index in [-0.39, 0.29) is 5.75 Å². The molecule has 0 N–H and O–H groups in total. The molecule has 16 heavy (non-hydrogen) atoms. The second kappa shape index (κ2) is 3.65. The van der Waals surface area contributed by atoms with Gasteiger partial charge in [-0.1, -0.05) is 5.16 Å². The number of rotatable bonds is 2. The van der Waals surface area contributed by atoms with Gasteiger partial charge in [0, 0.05) is 33.2 Å². The predicted molar refractivity (Wildman–Crippen MR) is 62.0 cm³/mol. The Morgan fingerprint density at radius 2 is 2.31 bits per heavy atom. The maximum Gasteiger partial charge on any atom is 0.238 e. The zero-order chi connectivity index (χ0) is 11.3. The minimum atomic E-state index is -3.56. The number of hydrogen-bond acceptors (Lipinski definition) is 5. The molecule has 0 aliphatic carbocycles. The largest absolute Gasteiger partial charge is 0.361 e. The van der Waals surface area contributed by atoms with Gasteiger partial charge in [0.2, 0.25) is 9.05 Å². The summed E-state index contributed by atoms with van der Waals surface area (Å²) in [6, 6.07) is 0. The topological polar surface area (TPSA) is 60.2 Å². The van der Waals surface area contributed by atoms with Crippen molar-refractivity contribution in [3.8, 4) is 0 Å². The maximum absolute atomic E-state index is 11.1. The summed E-state index contributed by atoms with van der Waals surface area (Å²) in [7, 11) is 1.69. The third-order valence-corrected chi connectivity index (χ3v) is 5.56. The molecule has 0 aromatic carbocycles. The first-order valence-corrected chi connectivity index (χ1v) is 8.50. The Labute approximate surface area is 102 Å². The van der Waals surface area contributed by atoms with E-state index in [0.29, 0.717) is 16.2 Å². The number of fused-ring (bicyclic) bond motifs is 4. The van der Waals surface area contributed by atoms with Crippen LogP contribution in [0.15, 0.2) is 4.52 Å². The summed E-state index contributed by atoms with van der Waals surface area (Å²) < 4.78 is 27.4. The van der Waals surface area contributed by atoms with Crippen LogP contribution in [0.1, 0.15) is 35.1 Å². The summed E-state index contributed by atoms with van der Waals surface area (Å²) in [5.74, 6) is 0.635. The molecule has 3 heterocycles. The standard InChI is InChI=1S/C9H10ClNO3S2/c10-16(12,13)4-6-9-7(14-11-6)3-5-1-2-8(9)15-5/h5,8H,1-4H2. The van der Waals surface area contributed by atoms with Crippen LogP contribution >= 0.6 is 22.4 Å². The first-order chi connectivity index (χ1) is 7.53. The van der Waals surface area contributed by atoms with Crippen LogP contribution in [0.4, 0.5) is 0 Å². The third kappa shape index (κ3) is 1.87. The fourth-order valence-electron chi connectivity index (χ4n) is 2.42. The lowest BCUT2D eigenvalue weighted by Gasteiger charge is -2.17. The number of halogens is 1. The van der Waals surface area contributed by atoms with E-state index >= 15 is 0 Å². The van der Waals surface area contributed by atoms with Gasteiger partial charge in [0.25, 0.3) is 0 Å². The Morgan fingerprint density at radius 3 is 3.06 bits per heavy atom. The molecule has 0 radical (unpaired) electrons. The van der Waals surface area contributed by atoms with Crippen molar-refractivity contribution in [3.63, 3.8) is 0 Å². The third-order valence-electron chi connectivity index (χ3n) is 3.03. The SMILES string of the molecule is O=S(=O)(Cl)Cc1noc2c1C1CCC(C2)S1. The molecule has 88 valence electrons. The van der Waals surface area contributed by atoms with E-state index in [1.807, 2.05) is 11.8 Å². The van der Waals surface area contributed by atoms with Crippen LogP contribution in [0.5, 0.6) is 0 Å². The summed E-state index contributed by atoms with van der Waals surface area (Å²) in [5, 5.41) is 4.82. The molecule has 1 saturated heterocycles. The normalized spacial score (nSPS) is 28.1. The van der Waals surface area contributed by atoms with Gasteiger partial charge in [0.15, 0.2) is 0 Å². The van der Waals surface area contributed by atoms with Gasteiger partial charge in [-0.3, -0.25) is 0 Å². The van der Waals surface area contributed by atoms with Crippen LogP contribution in [0.3, 0.4) is 0 Å². The van der Waals surface area contributed by atoms with Gasteiger partial charge in [-0.05, 0) is 12.8 Å². The summed E-state index contributed by atoms with van der Waals surface area (Å²) in [6.07, 6.45) is 3.12. The van der Waals surface area contributed by atoms with Crippen LogP contribution in [0.25, 0.3) is 0 Å². The van der Waals surface area contributed by atoms with E-state index in [4.69, 9.17) is 15.2 Å². The molecule has 1 fully saturated rings. The van der Waals surface area contributed by atoms with Crippen molar-refractivity contribution < 1.29 is 12.9 Å². The fraction of sp³-hybridized carbons (Fsp3) is 0.667. The molecular formula is C9H10ClNO3S2. The lowest BCUT2D eigenvalue weighted by Crippen LogP contribution is -2.09. The van der Waals surface area contributed by atoms with Crippen molar-refractivity contribution in [2.45, 2.75) is 35.5 Å². The van der Waals surface area contributed by atoms with E-state index < -0.39 is 9.05 Å². The van der Waals surface area contributed by atoms with Gasteiger partial charge in [-0.2, -0.15) is 0 Å². The van der Waals surface area contributed by atoms with Crippen molar-refractivity contribution in [1.29, 1.82) is 0 Å². The first-order valence-electron chi connectivity index (χ1n) is 5.08. The second-order valence-electron chi connectivity index (χ2n) is 4.18. The van der Waals surface area contributed by atoms with Crippen molar-refractivity contribution in [2.24, 2.45) is 0 Å². The number of thioether (sulfide) groups is 1.